The third-order valence-corrected chi connectivity index (χ3v) is 4.76. The summed E-state index contributed by atoms with van der Waals surface area (Å²) >= 11 is 0. The zero-order valence-corrected chi connectivity index (χ0v) is 13.0. The van der Waals surface area contributed by atoms with Crippen LogP contribution in [0.2, 0.25) is 0 Å². The predicted octanol–water partition coefficient (Wildman–Crippen LogP) is 3.50. The summed E-state index contributed by atoms with van der Waals surface area (Å²) in [5.41, 5.74) is 5.56. The average molecular weight is 280 g/mol. The van der Waals surface area contributed by atoms with Crippen molar-refractivity contribution in [1.29, 1.82) is 0 Å². The third kappa shape index (κ3) is 3.01. The van der Waals surface area contributed by atoms with Gasteiger partial charge >= 0.3 is 0 Å². The highest BCUT2D eigenvalue weighted by molar-refractivity contribution is 5.36. The molecule has 0 amide bonds. The van der Waals surface area contributed by atoms with E-state index < -0.39 is 0 Å². The number of pyridine rings is 1. The molecule has 2 aromatic rings. The molecule has 1 N–H and O–H groups in total. The van der Waals surface area contributed by atoms with Gasteiger partial charge in [-0.15, -0.1) is 0 Å². The second-order valence-electron chi connectivity index (χ2n) is 5.95. The van der Waals surface area contributed by atoms with Crippen LogP contribution in [0.3, 0.4) is 0 Å². The molecule has 0 saturated carbocycles. The zero-order valence-electron chi connectivity index (χ0n) is 13.0. The minimum atomic E-state index is 0.466. The molecular formula is C19H24N2. The first kappa shape index (κ1) is 14.3. The Morgan fingerprint density at radius 3 is 2.81 bits per heavy atom. The van der Waals surface area contributed by atoms with Crippen LogP contribution in [0.4, 0.5) is 0 Å². The van der Waals surface area contributed by atoms with Gasteiger partial charge in [0.2, 0.25) is 0 Å². The van der Waals surface area contributed by atoms with Gasteiger partial charge in [-0.25, -0.2) is 0 Å². The van der Waals surface area contributed by atoms with Gasteiger partial charge < -0.3 is 5.32 Å². The van der Waals surface area contributed by atoms with Gasteiger partial charge in [-0.1, -0.05) is 37.3 Å². The summed E-state index contributed by atoms with van der Waals surface area (Å²) in [6, 6.07) is 13.7. The molecule has 1 aliphatic rings. The Morgan fingerprint density at radius 2 is 2.10 bits per heavy atom. The highest BCUT2D eigenvalue weighted by Crippen LogP contribution is 2.36. The fourth-order valence-corrected chi connectivity index (χ4v) is 3.46. The van der Waals surface area contributed by atoms with Crippen molar-refractivity contribution in [3.05, 3.63) is 65.0 Å². The number of nitrogens with one attached hydrogen (secondary N) is 1. The molecule has 110 valence electrons. The van der Waals surface area contributed by atoms with Crippen LogP contribution in [0.1, 0.15) is 41.6 Å². The Morgan fingerprint density at radius 1 is 1.24 bits per heavy atom. The fraction of sp³-hybridized carbons (Fsp3) is 0.421. The fourth-order valence-electron chi connectivity index (χ4n) is 3.46. The molecule has 21 heavy (non-hydrogen) atoms. The van der Waals surface area contributed by atoms with Crippen LogP contribution in [0.15, 0.2) is 42.6 Å². The first-order chi connectivity index (χ1) is 10.3. The number of likely N-dealkylation sites (N-methyl/N-ethyl adjacent to an activating group) is 1. The van der Waals surface area contributed by atoms with E-state index in [4.69, 9.17) is 0 Å². The molecule has 1 aromatic heterocycles. The number of fused-ring (bicyclic) bond motifs is 1. The van der Waals surface area contributed by atoms with E-state index >= 15 is 0 Å². The minimum absolute atomic E-state index is 0.466. The van der Waals surface area contributed by atoms with Gasteiger partial charge in [-0.2, -0.15) is 0 Å². The van der Waals surface area contributed by atoms with E-state index in [1.54, 1.807) is 0 Å². The van der Waals surface area contributed by atoms with Crippen LogP contribution >= 0.6 is 0 Å². The molecule has 1 aliphatic carbocycles. The van der Waals surface area contributed by atoms with Crippen LogP contribution in [-0.4, -0.2) is 18.1 Å². The molecule has 0 saturated heterocycles. The lowest BCUT2D eigenvalue weighted by molar-refractivity contribution is 0.452. The molecule has 0 radical (unpaired) electrons. The Labute approximate surface area is 127 Å². The van der Waals surface area contributed by atoms with E-state index in [-0.39, 0.29) is 0 Å². The summed E-state index contributed by atoms with van der Waals surface area (Å²) in [6.07, 6.45) is 6.53. The monoisotopic (exact) mass is 280 g/mol. The number of aryl methyl sites for hydroxylation is 2. The molecule has 2 atom stereocenters. The SMILES string of the molecule is CCc1ccc(CC(NC)C2CCc3ccccc32)nc1. The molecule has 1 heterocycles. The van der Waals surface area contributed by atoms with Crippen molar-refractivity contribution in [3.63, 3.8) is 0 Å². The quantitative estimate of drug-likeness (QED) is 0.906. The zero-order chi connectivity index (χ0) is 14.7. The van der Waals surface area contributed by atoms with Gasteiger partial charge in [0.05, 0.1) is 0 Å². The van der Waals surface area contributed by atoms with Gasteiger partial charge in [0.25, 0.3) is 0 Å². The predicted molar refractivity (Wildman–Crippen MR) is 87.7 cm³/mol. The lowest BCUT2D eigenvalue weighted by atomic mass is 9.90. The summed E-state index contributed by atoms with van der Waals surface area (Å²) in [7, 11) is 2.08. The van der Waals surface area contributed by atoms with Crippen molar-refractivity contribution in [2.75, 3.05) is 7.05 Å². The lowest BCUT2D eigenvalue weighted by Crippen LogP contribution is -2.33. The highest BCUT2D eigenvalue weighted by Gasteiger charge is 2.28. The summed E-state index contributed by atoms with van der Waals surface area (Å²) in [5.74, 6) is 0.610. The van der Waals surface area contributed by atoms with Crippen molar-refractivity contribution in [2.24, 2.45) is 0 Å². The number of aromatic nitrogens is 1. The van der Waals surface area contributed by atoms with Crippen molar-refractivity contribution in [1.82, 2.24) is 10.3 Å². The minimum Gasteiger partial charge on any atom is -0.316 e. The van der Waals surface area contributed by atoms with Crippen molar-refractivity contribution < 1.29 is 0 Å². The average Bonchev–Trinajstić information content (AvgIpc) is 2.97. The maximum absolute atomic E-state index is 4.62. The molecule has 0 aliphatic heterocycles. The lowest BCUT2D eigenvalue weighted by Gasteiger charge is -2.24. The molecule has 2 unspecified atom stereocenters. The van der Waals surface area contributed by atoms with Crippen molar-refractivity contribution >= 4 is 0 Å². The number of benzene rings is 1. The smallest absolute Gasteiger partial charge is 0.0419 e. The van der Waals surface area contributed by atoms with E-state index in [0.717, 1.165) is 12.8 Å². The topological polar surface area (TPSA) is 24.9 Å². The molecule has 0 spiro atoms. The maximum atomic E-state index is 4.62. The third-order valence-electron chi connectivity index (χ3n) is 4.76. The van der Waals surface area contributed by atoms with E-state index in [1.165, 1.54) is 35.2 Å². The second-order valence-corrected chi connectivity index (χ2v) is 5.95. The summed E-state index contributed by atoms with van der Waals surface area (Å²) < 4.78 is 0. The Bertz CT molecular complexity index is 589. The van der Waals surface area contributed by atoms with Crippen molar-refractivity contribution in [3.8, 4) is 0 Å². The summed E-state index contributed by atoms with van der Waals surface area (Å²) in [4.78, 5) is 4.62. The first-order valence-corrected chi connectivity index (χ1v) is 8.00. The standard InChI is InChI=1S/C19H24N2/c1-3-14-8-10-16(21-13-14)12-19(20-2)18-11-9-15-6-4-5-7-17(15)18/h4-8,10,13,18-20H,3,9,11-12H2,1-2H3. The number of nitrogens with zero attached hydrogens (tertiary/aromatic N) is 1. The highest BCUT2D eigenvalue weighted by atomic mass is 14.9. The van der Waals surface area contributed by atoms with E-state index in [1.807, 2.05) is 6.20 Å². The van der Waals surface area contributed by atoms with Gasteiger partial charge in [-0.05, 0) is 49.1 Å². The summed E-state index contributed by atoms with van der Waals surface area (Å²) in [6.45, 7) is 2.17. The van der Waals surface area contributed by atoms with Gasteiger partial charge in [-0.3, -0.25) is 4.98 Å². The molecule has 1 aromatic carbocycles. The molecule has 3 rings (SSSR count). The summed E-state index contributed by atoms with van der Waals surface area (Å²) in [5, 5.41) is 3.52. The maximum Gasteiger partial charge on any atom is 0.0419 e. The van der Waals surface area contributed by atoms with Crippen LogP contribution < -0.4 is 5.32 Å². The molecule has 0 fully saturated rings. The van der Waals surface area contributed by atoms with Crippen LogP contribution in [0.25, 0.3) is 0 Å². The largest absolute Gasteiger partial charge is 0.316 e. The van der Waals surface area contributed by atoms with E-state index in [9.17, 15) is 0 Å². The van der Waals surface area contributed by atoms with E-state index in [2.05, 4.69) is 60.7 Å². The van der Waals surface area contributed by atoms with Gasteiger partial charge in [0.1, 0.15) is 0 Å². The molecule has 2 nitrogen and oxygen atoms in total. The van der Waals surface area contributed by atoms with Crippen molar-refractivity contribution in [2.45, 2.75) is 44.6 Å². The normalized spacial score (nSPS) is 18.5. The Kier molecular flexibility index (Phi) is 4.35. The number of hydrogen-bond acceptors (Lipinski definition) is 2. The number of hydrogen-bond donors (Lipinski definition) is 1. The van der Waals surface area contributed by atoms with Crippen LogP contribution in [-0.2, 0) is 19.3 Å². The molecule has 2 heteroatoms. The molecular weight excluding hydrogens is 256 g/mol. The Balaban J connectivity index is 1.76. The van der Waals surface area contributed by atoms with Gasteiger partial charge in [0, 0.05) is 30.3 Å². The first-order valence-electron chi connectivity index (χ1n) is 8.00. The van der Waals surface area contributed by atoms with Gasteiger partial charge in [0.15, 0.2) is 0 Å². The van der Waals surface area contributed by atoms with Crippen LogP contribution in [0, 0.1) is 0 Å². The van der Waals surface area contributed by atoms with Crippen LogP contribution in [0.5, 0.6) is 0 Å². The number of rotatable bonds is 5. The van der Waals surface area contributed by atoms with E-state index in [0.29, 0.717) is 12.0 Å². The second kappa shape index (κ2) is 6.40. The molecule has 0 bridgehead atoms. The Hall–Kier alpha value is -1.67.